The number of H-pyrrole nitrogens is 1. The molecule has 6 heteroatoms. The van der Waals surface area contributed by atoms with Crippen LogP contribution in [0.4, 0.5) is 0 Å². The molecule has 0 radical (unpaired) electrons. The number of thiol groups is 1. The highest BCUT2D eigenvalue weighted by Crippen LogP contribution is 2.43. The molecule has 144 valence electrons. The van der Waals surface area contributed by atoms with Crippen molar-refractivity contribution in [3.63, 3.8) is 0 Å². The van der Waals surface area contributed by atoms with Crippen molar-refractivity contribution in [3.05, 3.63) is 48.2 Å². The number of aromatic amines is 1. The predicted octanol–water partition coefficient (Wildman–Crippen LogP) is 5.37. The molecule has 2 heterocycles. The molecular weight excluding hydrogens is 370 g/mol. The van der Waals surface area contributed by atoms with Gasteiger partial charge in [0.1, 0.15) is 16.5 Å². The van der Waals surface area contributed by atoms with Crippen molar-refractivity contribution < 1.29 is 10.2 Å². The van der Waals surface area contributed by atoms with E-state index >= 15 is 0 Å². The van der Waals surface area contributed by atoms with E-state index in [1.807, 2.05) is 19.1 Å². The van der Waals surface area contributed by atoms with Gasteiger partial charge in [0, 0.05) is 40.8 Å². The third kappa shape index (κ3) is 2.94. The van der Waals surface area contributed by atoms with Gasteiger partial charge in [-0.2, -0.15) is 5.10 Å². The average Bonchev–Trinajstić information content (AvgIpc) is 3.26. The molecule has 0 aliphatic carbocycles. The SMILES string of the molecule is CCCn1ccc2c(-c3c(S)n[nH]c3-c3cc(CC)c(O)cc3O)cccc21. The van der Waals surface area contributed by atoms with Crippen LogP contribution in [-0.4, -0.2) is 25.0 Å². The van der Waals surface area contributed by atoms with Gasteiger partial charge in [-0.1, -0.05) is 26.0 Å². The molecule has 4 aromatic rings. The van der Waals surface area contributed by atoms with Crippen LogP contribution < -0.4 is 0 Å². The van der Waals surface area contributed by atoms with Crippen LogP contribution in [0.2, 0.25) is 0 Å². The van der Waals surface area contributed by atoms with Crippen LogP contribution in [0.15, 0.2) is 47.6 Å². The zero-order valence-corrected chi connectivity index (χ0v) is 16.8. The first-order valence-corrected chi connectivity index (χ1v) is 9.90. The Hall–Kier alpha value is -2.86. The van der Waals surface area contributed by atoms with Crippen molar-refractivity contribution in [1.82, 2.24) is 14.8 Å². The van der Waals surface area contributed by atoms with Gasteiger partial charge in [-0.05, 0) is 42.2 Å². The molecule has 0 saturated heterocycles. The van der Waals surface area contributed by atoms with Crippen molar-refractivity contribution in [1.29, 1.82) is 0 Å². The molecule has 2 aromatic heterocycles. The number of hydrogen-bond donors (Lipinski definition) is 4. The van der Waals surface area contributed by atoms with Gasteiger partial charge in [-0.3, -0.25) is 5.10 Å². The maximum absolute atomic E-state index is 10.5. The van der Waals surface area contributed by atoms with Gasteiger partial charge in [-0.25, -0.2) is 0 Å². The van der Waals surface area contributed by atoms with Gasteiger partial charge in [0.25, 0.3) is 0 Å². The second kappa shape index (κ2) is 7.28. The number of nitrogens with zero attached hydrogens (tertiary/aromatic N) is 2. The largest absolute Gasteiger partial charge is 0.508 e. The fourth-order valence-corrected chi connectivity index (χ4v) is 4.05. The molecule has 3 N–H and O–H groups in total. The van der Waals surface area contributed by atoms with Crippen LogP contribution in [0.3, 0.4) is 0 Å². The van der Waals surface area contributed by atoms with Crippen molar-refractivity contribution in [3.8, 4) is 33.9 Å². The Bertz CT molecular complexity index is 1160. The fourth-order valence-electron chi connectivity index (χ4n) is 3.77. The van der Waals surface area contributed by atoms with Gasteiger partial charge < -0.3 is 14.8 Å². The van der Waals surface area contributed by atoms with E-state index in [9.17, 15) is 10.2 Å². The van der Waals surface area contributed by atoms with Gasteiger partial charge in [0.2, 0.25) is 0 Å². The van der Waals surface area contributed by atoms with Gasteiger partial charge >= 0.3 is 0 Å². The highest BCUT2D eigenvalue weighted by Gasteiger charge is 2.21. The first kappa shape index (κ1) is 18.5. The number of nitrogens with one attached hydrogen (secondary N) is 1. The number of phenols is 2. The number of rotatable bonds is 5. The van der Waals surface area contributed by atoms with E-state index in [2.05, 4.69) is 52.6 Å². The molecule has 0 amide bonds. The van der Waals surface area contributed by atoms with Crippen molar-refractivity contribution in [2.75, 3.05) is 0 Å². The fraction of sp³-hybridized carbons (Fsp3) is 0.227. The Labute approximate surface area is 169 Å². The van der Waals surface area contributed by atoms with Crippen LogP contribution in [0, 0.1) is 0 Å². The van der Waals surface area contributed by atoms with Crippen LogP contribution in [0.25, 0.3) is 33.3 Å². The molecule has 0 aliphatic heterocycles. The van der Waals surface area contributed by atoms with E-state index in [4.69, 9.17) is 0 Å². The van der Waals surface area contributed by atoms with E-state index in [0.29, 0.717) is 22.7 Å². The molecule has 0 spiro atoms. The first-order valence-electron chi connectivity index (χ1n) is 9.45. The Morgan fingerprint density at radius 1 is 1.07 bits per heavy atom. The van der Waals surface area contributed by atoms with E-state index in [0.717, 1.165) is 40.6 Å². The highest BCUT2D eigenvalue weighted by atomic mass is 32.1. The summed E-state index contributed by atoms with van der Waals surface area (Å²) in [5.41, 5.74) is 5.05. The monoisotopic (exact) mass is 393 g/mol. The van der Waals surface area contributed by atoms with Crippen LogP contribution in [-0.2, 0) is 13.0 Å². The normalized spacial score (nSPS) is 11.4. The standard InChI is InChI=1S/C22H23N3O2S/c1-3-9-25-10-8-14-15(6-5-7-17(14)25)20-21(23-24-22(20)28)16-11-13(4-2)18(26)12-19(16)27/h5-8,10-12,26-27H,3-4,9H2,1-2H3,(H2,23,24,28). The number of aromatic nitrogens is 3. The van der Waals surface area contributed by atoms with Crippen molar-refractivity contribution in [2.45, 2.75) is 38.3 Å². The minimum Gasteiger partial charge on any atom is -0.508 e. The summed E-state index contributed by atoms with van der Waals surface area (Å²) in [6.07, 6.45) is 3.82. The molecular formula is C22H23N3O2S. The molecule has 2 aromatic carbocycles. The van der Waals surface area contributed by atoms with E-state index in [1.54, 1.807) is 6.07 Å². The minimum absolute atomic E-state index is 0.00339. The lowest BCUT2D eigenvalue weighted by Crippen LogP contribution is -1.94. The zero-order valence-electron chi connectivity index (χ0n) is 15.9. The predicted molar refractivity (Wildman–Crippen MR) is 115 cm³/mol. The number of phenolic OH excluding ortho intramolecular Hbond substituents is 2. The number of fused-ring (bicyclic) bond motifs is 1. The minimum atomic E-state index is 0.00339. The summed E-state index contributed by atoms with van der Waals surface area (Å²) in [5.74, 6) is 0.0957. The smallest absolute Gasteiger partial charge is 0.128 e. The molecule has 0 saturated carbocycles. The number of aromatic hydroxyl groups is 2. The lowest BCUT2D eigenvalue weighted by molar-refractivity contribution is 0.447. The zero-order chi connectivity index (χ0) is 19.8. The lowest BCUT2D eigenvalue weighted by Gasteiger charge is -2.11. The van der Waals surface area contributed by atoms with E-state index in [1.165, 1.54) is 6.07 Å². The first-order chi connectivity index (χ1) is 13.5. The van der Waals surface area contributed by atoms with Gasteiger partial charge in [-0.15, -0.1) is 12.6 Å². The Kier molecular flexibility index (Phi) is 4.81. The molecule has 0 aliphatic rings. The number of benzene rings is 2. The molecule has 0 fully saturated rings. The molecule has 0 unspecified atom stereocenters. The van der Waals surface area contributed by atoms with E-state index in [-0.39, 0.29) is 11.5 Å². The average molecular weight is 394 g/mol. The topological polar surface area (TPSA) is 74.1 Å². The van der Waals surface area contributed by atoms with Crippen molar-refractivity contribution >= 4 is 23.5 Å². The quantitative estimate of drug-likeness (QED) is 0.344. The Morgan fingerprint density at radius 3 is 2.64 bits per heavy atom. The Balaban J connectivity index is 1.95. The van der Waals surface area contributed by atoms with Crippen LogP contribution >= 0.6 is 12.6 Å². The summed E-state index contributed by atoms with van der Waals surface area (Å²) in [6.45, 7) is 5.08. The number of aryl methyl sites for hydroxylation is 2. The molecule has 28 heavy (non-hydrogen) atoms. The third-order valence-corrected chi connectivity index (χ3v) is 5.47. The third-order valence-electron chi connectivity index (χ3n) is 5.14. The van der Waals surface area contributed by atoms with Gasteiger partial charge in [0.05, 0.1) is 5.69 Å². The second-order valence-corrected chi connectivity index (χ2v) is 7.32. The summed E-state index contributed by atoms with van der Waals surface area (Å²) in [6, 6.07) is 11.5. The summed E-state index contributed by atoms with van der Waals surface area (Å²) in [4.78, 5) is 0. The van der Waals surface area contributed by atoms with E-state index < -0.39 is 0 Å². The van der Waals surface area contributed by atoms with Crippen molar-refractivity contribution in [2.24, 2.45) is 0 Å². The van der Waals surface area contributed by atoms with Gasteiger partial charge in [0.15, 0.2) is 0 Å². The van der Waals surface area contributed by atoms with Crippen LogP contribution in [0.5, 0.6) is 11.5 Å². The molecule has 4 rings (SSSR count). The molecule has 0 atom stereocenters. The Morgan fingerprint density at radius 2 is 1.89 bits per heavy atom. The summed E-state index contributed by atoms with van der Waals surface area (Å²) < 4.78 is 2.24. The lowest BCUT2D eigenvalue weighted by atomic mass is 9.96. The maximum Gasteiger partial charge on any atom is 0.128 e. The number of hydrogen-bond acceptors (Lipinski definition) is 4. The highest BCUT2D eigenvalue weighted by molar-refractivity contribution is 7.80. The molecule has 0 bridgehead atoms. The second-order valence-electron chi connectivity index (χ2n) is 6.90. The molecule has 5 nitrogen and oxygen atoms in total. The maximum atomic E-state index is 10.5. The van der Waals surface area contributed by atoms with Crippen LogP contribution in [0.1, 0.15) is 25.8 Å². The summed E-state index contributed by atoms with van der Waals surface area (Å²) in [7, 11) is 0. The summed E-state index contributed by atoms with van der Waals surface area (Å²) >= 11 is 4.58. The summed E-state index contributed by atoms with van der Waals surface area (Å²) in [5, 5.41) is 29.5.